The number of fused-ring (bicyclic) bond motifs is 1. The van der Waals surface area contributed by atoms with E-state index in [1.165, 1.54) is 0 Å². The molecule has 6 nitrogen and oxygen atoms in total. The minimum absolute atomic E-state index is 0.0334. The number of benzene rings is 2. The Hall–Kier alpha value is -4.03. The number of hydrogen-bond donors (Lipinski definition) is 0. The van der Waals surface area contributed by atoms with Gasteiger partial charge in [0.2, 0.25) is 0 Å². The average Bonchev–Trinajstić information content (AvgIpc) is 3.36. The summed E-state index contributed by atoms with van der Waals surface area (Å²) in [7, 11) is 0. The van der Waals surface area contributed by atoms with E-state index < -0.39 is 0 Å². The Morgan fingerprint density at radius 3 is 2.60 bits per heavy atom. The number of allylic oxidation sites excluding steroid dienone is 2. The number of hydrogen-bond acceptors (Lipinski definition) is 4. The molecule has 1 atom stereocenters. The number of pyridine rings is 1. The van der Waals surface area contributed by atoms with Gasteiger partial charge < -0.3 is 0 Å². The topological polar surface area (TPSA) is 55.4 Å². The van der Waals surface area contributed by atoms with E-state index in [1.54, 1.807) is 10.8 Å². The van der Waals surface area contributed by atoms with Gasteiger partial charge in [-0.05, 0) is 47.9 Å². The molecule has 2 aromatic carbocycles. The third kappa shape index (κ3) is 4.17. The fourth-order valence-corrected chi connectivity index (χ4v) is 5.09. The van der Waals surface area contributed by atoms with Crippen LogP contribution in [0.25, 0.3) is 28.0 Å². The fraction of sp³-hybridized carbons (Fsp3) is 0.207. The van der Waals surface area contributed by atoms with E-state index in [4.69, 9.17) is 0 Å². The van der Waals surface area contributed by atoms with Gasteiger partial charge in [0.1, 0.15) is 0 Å². The molecule has 2 aromatic heterocycles. The average molecular weight is 462 g/mol. The lowest BCUT2D eigenvalue weighted by Gasteiger charge is -2.16. The van der Waals surface area contributed by atoms with Crippen molar-refractivity contribution in [3.63, 3.8) is 0 Å². The first-order chi connectivity index (χ1) is 17.3. The van der Waals surface area contributed by atoms with E-state index in [9.17, 15) is 4.79 Å². The lowest BCUT2D eigenvalue weighted by atomic mass is 10.1. The molecule has 2 aliphatic rings. The quantitative estimate of drug-likeness (QED) is 0.434. The molecule has 4 heterocycles. The second kappa shape index (κ2) is 9.31. The van der Waals surface area contributed by atoms with Gasteiger partial charge in [-0.2, -0.15) is 0 Å². The van der Waals surface area contributed by atoms with Crippen molar-refractivity contribution in [3.05, 3.63) is 108 Å². The molecule has 1 unspecified atom stereocenters. The molecule has 4 aromatic rings. The van der Waals surface area contributed by atoms with Crippen LogP contribution in [0.3, 0.4) is 0 Å². The first-order valence-electron chi connectivity index (χ1n) is 12.1. The van der Waals surface area contributed by atoms with E-state index in [0.717, 1.165) is 66.3 Å². The zero-order chi connectivity index (χ0) is 23.6. The molecule has 0 radical (unpaired) electrons. The molecular formula is C29H27N5O. The van der Waals surface area contributed by atoms with Crippen LogP contribution in [0, 0.1) is 0 Å². The fourth-order valence-electron chi connectivity index (χ4n) is 5.09. The standard InChI is InChI=1S/C29H27N5O/c35-29-33(25-14-12-23(13-15-25)22-8-3-1-4-9-22)27-11-7-18-31-28(27)34(29)26-16-19-32(21-26)20-24-10-5-2-6-17-30-24/h1-15,18,26H,16-17,19-21H2. The van der Waals surface area contributed by atoms with E-state index in [-0.39, 0.29) is 11.7 Å². The first-order valence-corrected chi connectivity index (χ1v) is 12.1. The highest BCUT2D eigenvalue weighted by atomic mass is 16.2. The van der Waals surface area contributed by atoms with E-state index in [0.29, 0.717) is 0 Å². The minimum atomic E-state index is -0.0334. The summed E-state index contributed by atoms with van der Waals surface area (Å²) in [6.45, 7) is 3.27. The van der Waals surface area contributed by atoms with Crippen LogP contribution < -0.4 is 5.69 Å². The monoisotopic (exact) mass is 461 g/mol. The molecule has 1 fully saturated rings. The molecular weight excluding hydrogens is 434 g/mol. The number of likely N-dealkylation sites (tertiary alicyclic amines) is 1. The van der Waals surface area contributed by atoms with Crippen molar-refractivity contribution in [2.45, 2.75) is 12.5 Å². The summed E-state index contributed by atoms with van der Waals surface area (Å²) in [6, 6.07) is 22.4. The van der Waals surface area contributed by atoms with E-state index in [2.05, 4.69) is 51.3 Å². The molecule has 0 saturated carbocycles. The predicted octanol–water partition coefficient (Wildman–Crippen LogP) is 4.67. The Bertz CT molecular complexity index is 1490. The molecule has 174 valence electrons. The van der Waals surface area contributed by atoms with Gasteiger partial charge in [-0.3, -0.25) is 19.0 Å². The third-order valence-electron chi connectivity index (χ3n) is 6.80. The van der Waals surface area contributed by atoms with E-state index >= 15 is 0 Å². The third-order valence-corrected chi connectivity index (χ3v) is 6.80. The zero-order valence-electron chi connectivity index (χ0n) is 19.5. The molecule has 1 saturated heterocycles. The van der Waals surface area contributed by atoms with Crippen LogP contribution in [0.2, 0.25) is 0 Å². The maximum absolute atomic E-state index is 13.8. The van der Waals surface area contributed by atoms with Crippen LogP contribution in [0.15, 0.2) is 107 Å². The van der Waals surface area contributed by atoms with Gasteiger partial charge in [-0.25, -0.2) is 9.78 Å². The summed E-state index contributed by atoms with van der Waals surface area (Å²) in [4.78, 5) is 25.5. The maximum Gasteiger partial charge on any atom is 0.335 e. The lowest BCUT2D eigenvalue weighted by molar-refractivity contribution is 0.367. The van der Waals surface area contributed by atoms with Crippen molar-refractivity contribution in [1.82, 2.24) is 19.0 Å². The Kier molecular flexibility index (Phi) is 5.72. The molecule has 2 aliphatic heterocycles. The summed E-state index contributed by atoms with van der Waals surface area (Å²) >= 11 is 0. The highest BCUT2D eigenvalue weighted by Crippen LogP contribution is 2.26. The predicted molar refractivity (Wildman–Crippen MR) is 141 cm³/mol. The zero-order valence-corrected chi connectivity index (χ0v) is 19.5. The molecule has 35 heavy (non-hydrogen) atoms. The van der Waals surface area contributed by atoms with Gasteiger partial charge >= 0.3 is 5.69 Å². The molecule has 6 heteroatoms. The highest BCUT2D eigenvalue weighted by Gasteiger charge is 2.29. The lowest BCUT2D eigenvalue weighted by Crippen LogP contribution is -2.31. The van der Waals surface area contributed by atoms with Crippen LogP contribution in [0.1, 0.15) is 12.5 Å². The molecule has 0 aliphatic carbocycles. The SMILES string of the molecule is O=c1n(-c2ccc(-c3ccccc3)cc2)c2cccnc2n1C1CCN(CC2=NCC=CC=C2)C1. The summed E-state index contributed by atoms with van der Waals surface area (Å²) in [6.07, 6.45) is 10.9. The summed E-state index contributed by atoms with van der Waals surface area (Å²) in [5, 5.41) is 0. The number of rotatable bonds is 5. The minimum Gasteiger partial charge on any atom is -0.295 e. The highest BCUT2D eigenvalue weighted by molar-refractivity contribution is 5.97. The normalized spacial score (nSPS) is 18.2. The van der Waals surface area contributed by atoms with Gasteiger partial charge in [0, 0.05) is 31.5 Å². The summed E-state index contributed by atoms with van der Waals surface area (Å²) in [5.41, 5.74) is 5.77. The van der Waals surface area contributed by atoms with Crippen molar-refractivity contribution >= 4 is 16.9 Å². The van der Waals surface area contributed by atoms with Gasteiger partial charge in [0.05, 0.1) is 23.8 Å². The Morgan fingerprint density at radius 2 is 1.74 bits per heavy atom. The largest absolute Gasteiger partial charge is 0.335 e. The second-order valence-electron chi connectivity index (χ2n) is 9.04. The number of imidazole rings is 1. The molecule has 6 rings (SSSR count). The number of nitrogens with zero attached hydrogens (tertiary/aromatic N) is 5. The Morgan fingerprint density at radius 1 is 0.914 bits per heavy atom. The molecule has 0 amide bonds. The smallest absolute Gasteiger partial charge is 0.295 e. The first kappa shape index (κ1) is 21.5. The second-order valence-corrected chi connectivity index (χ2v) is 9.04. The number of aromatic nitrogens is 3. The van der Waals surface area contributed by atoms with Crippen LogP contribution in [-0.4, -0.2) is 50.9 Å². The van der Waals surface area contributed by atoms with Crippen molar-refractivity contribution < 1.29 is 0 Å². The van der Waals surface area contributed by atoms with Crippen molar-refractivity contribution in [3.8, 4) is 16.8 Å². The van der Waals surface area contributed by atoms with Crippen molar-refractivity contribution in [2.24, 2.45) is 4.99 Å². The number of aliphatic imine (C=N–C) groups is 1. The molecule has 0 bridgehead atoms. The van der Waals surface area contributed by atoms with Gasteiger partial charge in [0.15, 0.2) is 5.65 Å². The summed E-state index contributed by atoms with van der Waals surface area (Å²) < 4.78 is 3.69. The van der Waals surface area contributed by atoms with Crippen LogP contribution >= 0.6 is 0 Å². The van der Waals surface area contributed by atoms with Gasteiger partial charge in [-0.15, -0.1) is 0 Å². The van der Waals surface area contributed by atoms with Gasteiger partial charge in [-0.1, -0.05) is 60.7 Å². The Balaban J connectivity index is 1.32. The van der Waals surface area contributed by atoms with Crippen molar-refractivity contribution in [1.29, 1.82) is 0 Å². The molecule has 0 spiro atoms. The van der Waals surface area contributed by atoms with E-state index in [1.807, 2.05) is 59.2 Å². The van der Waals surface area contributed by atoms with Crippen molar-refractivity contribution in [2.75, 3.05) is 26.2 Å². The maximum atomic E-state index is 13.8. The van der Waals surface area contributed by atoms with Gasteiger partial charge in [0.25, 0.3) is 0 Å². The summed E-state index contributed by atoms with van der Waals surface area (Å²) in [5.74, 6) is 0. The Labute approximate surface area is 204 Å². The molecule has 0 N–H and O–H groups in total. The van der Waals surface area contributed by atoms with Crippen LogP contribution in [-0.2, 0) is 0 Å². The van der Waals surface area contributed by atoms with Crippen LogP contribution in [0.4, 0.5) is 0 Å². The van der Waals surface area contributed by atoms with Crippen LogP contribution in [0.5, 0.6) is 0 Å².